The molecule has 0 nitrogen and oxygen atoms in total. The number of hydrogen-bond acceptors (Lipinski definition) is 1. The van der Waals surface area contributed by atoms with Crippen LogP contribution in [0, 0.1) is 0 Å². The van der Waals surface area contributed by atoms with E-state index in [1.807, 2.05) is 11.3 Å². The number of benzene rings is 1. The van der Waals surface area contributed by atoms with E-state index in [1.54, 1.807) is 5.19 Å². The molecule has 0 unspecified atom stereocenters. The summed E-state index contributed by atoms with van der Waals surface area (Å²) in [4.78, 5) is 0. The Hall–Kier alpha value is -0.863. The van der Waals surface area contributed by atoms with Gasteiger partial charge in [-0.15, -0.1) is 11.3 Å². The molecule has 2 aromatic rings. The van der Waals surface area contributed by atoms with Gasteiger partial charge in [-0.2, -0.15) is 0 Å². The van der Waals surface area contributed by atoms with Gasteiger partial charge in [-0.1, -0.05) is 50.5 Å². The van der Waals surface area contributed by atoms with Crippen molar-refractivity contribution in [2.24, 2.45) is 0 Å². The van der Waals surface area contributed by atoms with Crippen molar-refractivity contribution in [2.75, 3.05) is 0 Å². The van der Waals surface area contributed by atoms with E-state index in [0.29, 0.717) is 0 Å². The van der Waals surface area contributed by atoms with Crippen LogP contribution in [0.4, 0.5) is 0 Å². The summed E-state index contributed by atoms with van der Waals surface area (Å²) in [6, 6.07) is 6.71. The van der Waals surface area contributed by atoms with E-state index < -0.39 is 8.07 Å². The van der Waals surface area contributed by atoms with E-state index in [4.69, 9.17) is 0 Å². The van der Waals surface area contributed by atoms with Crippen molar-refractivity contribution in [2.45, 2.75) is 26.6 Å². The second-order valence-corrected chi connectivity index (χ2v) is 11.3. The zero-order valence-corrected chi connectivity index (χ0v) is 12.2. The van der Waals surface area contributed by atoms with Crippen molar-refractivity contribution in [3.63, 3.8) is 0 Å². The minimum absolute atomic E-state index is 1.20. The van der Waals surface area contributed by atoms with Crippen molar-refractivity contribution < 1.29 is 0 Å². The van der Waals surface area contributed by atoms with Crippen LogP contribution in [0.1, 0.15) is 6.92 Å². The lowest BCUT2D eigenvalue weighted by Gasteiger charge is -2.17. The highest BCUT2D eigenvalue weighted by molar-refractivity contribution is 7.19. The molecule has 1 heterocycles. The fourth-order valence-corrected chi connectivity index (χ4v) is 5.63. The molecular formula is C14H18SSi. The maximum Gasteiger partial charge on any atom is 0.0794 e. The zero-order chi connectivity index (χ0) is 11.9. The monoisotopic (exact) mass is 246 g/mol. The second-order valence-electron chi connectivity index (χ2n) is 5.16. The first kappa shape index (κ1) is 11.6. The lowest BCUT2D eigenvalue weighted by Crippen LogP contribution is -2.37. The van der Waals surface area contributed by atoms with Crippen molar-refractivity contribution in [3.05, 3.63) is 28.0 Å². The SMILES string of the molecule is C=c1sc2c([Si](C)(C)C)cccc2/c1=C/C. The maximum absolute atomic E-state index is 4.15. The summed E-state index contributed by atoms with van der Waals surface area (Å²) in [5, 5.41) is 4.27. The Morgan fingerprint density at radius 2 is 1.94 bits per heavy atom. The maximum atomic E-state index is 4.15. The third kappa shape index (κ3) is 1.76. The van der Waals surface area contributed by atoms with Gasteiger partial charge in [0, 0.05) is 9.23 Å². The first-order chi connectivity index (χ1) is 7.45. The molecule has 2 heteroatoms. The zero-order valence-electron chi connectivity index (χ0n) is 10.4. The van der Waals surface area contributed by atoms with Gasteiger partial charge in [0.2, 0.25) is 0 Å². The fourth-order valence-electron chi connectivity index (χ4n) is 2.09. The quantitative estimate of drug-likeness (QED) is 0.679. The smallest absolute Gasteiger partial charge is 0.0794 e. The normalized spacial score (nSPS) is 13.6. The van der Waals surface area contributed by atoms with Crippen molar-refractivity contribution >= 4 is 47.3 Å². The Morgan fingerprint density at radius 3 is 2.50 bits per heavy atom. The Kier molecular flexibility index (Phi) is 2.80. The molecule has 0 aliphatic carbocycles. The molecule has 0 saturated carbocycles. The molecule has 0 atom stereocenters. The summed E-state index contributed by atoms with van der Waals surface area (Å²) in [6.07, 6.45) is 2.18. The van der Waals surface area contributed by atoms with Gasteiger partial charge < -0.3 is 0 Å². The van der Waals surface area contributed by atoms with Crippen LogP contribution in [0.25, 0.3) is 22.7 Å². The van der Waals surface area contributed by atoms with Crippen LogP contribution in [0.2, 0.25) is 19.6 Å². The first-order valence-corrected chi connectivity index (χ1v) is 9.94. The van der Waals surface area contributed by atoms with Crippen LogP contribution < -0.4 is 14.9 Å². The summed E-state index contributed by atoms with van der Waals surface area (Å²) < 4.78 is 2.66. The molecule has 1 aromatic heterocycles. The Balaban J connectivity index is 2.97. The second kappa shape index (κ2) is 3.86. The molecule has 0 fully saturated rings. The molecule has 84 valence electrons. The topological polar surface area (TPSA) is 0 Å². The summed E-state index contributed by atoms with van der Waals surface area (Å²) >= 11 is 1.85. The van der Waals surface area contributed by atoms with Gasteiger partial charge in [-0.25, -0.2) is 0 Å². The average Bonchev–Trinajstić information content (AvgIpc) is 2.50. The summed E-state index contributed by atoms with van der Waals surface area (Å²) in [5.41, 5.74) is 0. The molecule has 0 bridgehead atoms. The molecule has 1 aromatic carbocycles. The molecule has 2 rings (SSSR count). The van der Waals surface area contributed by atoms with Crippen LogP contribution in [0.3, 0.4) is 0 Å². The molecule has 0 aliphatic rings. The van der Waals surface area contributed by atoms with Gasteiger partial charge in [-0.05, 0) is 22.7 Å². The molecule has 0 radical (unpaired) electrons. The van der Waals surface area contributed by atoms with Crippen LogP contribution in [0.15, 0.2) is 18.2 Å². The molecule has 0 spiro atoms. The average molecular weight is 246 g/mol. The number of hydrogen-bond donors (Lipinski definition) is 0. The van der Waals surface area contributed by atoms with Crippen LogP contribution >= 0.6 is 11.3 Å². The lowest BCUT2D eigenvalue weighted by molar-refractivity contribution is 1.71. The van der Waals surface area contributed by atoms with Gasteiger partial charge in [-0.3, -0.25) is 0 Å². The number of fused-ring (bicyclic) bond motifs is 1. The molecular weight excluding hydrogens is 228 g/mol. The van der Waals surface area contributed by atoms with E-state index in [0.717, 1.165) is 0 Å². The predicted octanol–water partition coefficient (Wildman–Crippen LogP) is 2.66. The fraction of sp³-hybridized carbons (Fsp3) is 0.286. The molecule has 16 heavy (non-hydrogen) atoms. The first-order valence-electron chi connectivity index (χ1n) is 5.62. The lowest BCUT2D eigenvalue weighted by atomic mass is 10.2. The van der Waals surface area contributed by atoms with E-state index in [2.05, 4.69) is 57.4 Å². The standard InChI is InChI=1S/C14H18SSi/c1-6-11-10(2)15-14-12(11)8-7-9-13(14)16(3,4)5/h6-9H,2H2,1,3-5H3/b11-6+. The Labute approximate surface area is 102 Å². The van der Waals surface area contributed by atoms with Crippen LogP contribution in [0.5, 0.6) is 0 Å². The van der Waals surface area contributed by atoms with E-state index in [9.17, 15) is 0 Å². The van der Waals surface area contributed by atoms with Crippen molar-refractivity contribution in [1.29, 1.82) is 0 Å². The number of rotatable bonds is 1. The van der Waals surface area contributed by atoms with Gasteiger partial charge in [0.25, 0.3) is 0 Å². The summed E-state index contributed by atoms with van der Waals surface area (Å²) in [5.74, 6) is 0. The highest BCUT2D eigenvalue weighted by Crippen LogP contribution is 2.15. The van der Waals surface area contributed by atoms with Crippen LogP contribution in [-0.2, 0) is 0 Å². The van der Waals surface area contributed by atoms with Crippen molar-refractivity contribution in [1.82, 2.24) is 0 Å². The van der Waals surface area contributed by atoms with E-state index in [1.165, 1.54) is 19.8 Å². The summed E-state index contributed by atoms with van der Waals surface area (Å²) in [7, 11) is -1.25. The molecule has 0 amide bonds. The largest absolute Gasteiger partial charge is 0.136 e. The summed E-state index contributed by atoms with van der Waals surface area (Å²) in [6.45, 7) is 13.5. The molecule has 0 saturated heterocycles. The van der Waals surface area contributed by atoms with Gasteiger partial charge in [0.1, 0.15) is 0 Å². The Morgan fingerprint density at radius 1 is 1.25 bits per heavy atom. The predicted molar refractivity (Wildman–Crippen MR) is 79.7 cm³/mol. The minimum atomic E-state index is -1.25. The number of thiophene rings is 1. The van der Waals surface area contributed by atoms with E-state index >= 15 is 0 Å². The third-order valence-electron chi connectivity index (χ3n) is 2.93. The van der Waals surface area contributed by atoms with Gasteiger partial charge in [0.15, 0.2) is 0 Å². The minimum Gasteiger partial charge on any atom is -0.136 e. The highest BCUT2D eigenvalue weighted by atomic mass is 32.1. The van der Waals surface area contributed by atoms with E-state index in [-0.39, 0.29) is 0 Å². The third-order valence-corrected chi connectivity index (χ3v) is 6.25. The Bertz CT molecular complexity index is 629. The molecule has 0 N–H and O–H groups in total. The van der Waals surface area contributed by atoms with Gasteiger partial charge in [0.05, 0.1) is 8.07 Å². The molecule has 0 aliphatic heterocycles. The van der Waals surface area contributed by atoms with Gasteiger partial charge >= 0.3 is 0 Å². The van der Waals surface area contributed by atoms with Crippen LogP contribution in [-0.4, -0.2) is 8.07 Å². The van der Waals surface area contributed by atoms with Crippen molar-refractivity contribution in [3.8, 4) is 0 Å². The highest BCUT2D eigenvalue weighted by Gasteiger charge is 2.19.